The summed E-state index contributed by atoms with van der Waals surface area (Å²) in [5.41, 5.74) is 6.79. The third-order valence-corrected chi connectivity index (χ3v) is 3.87. The Labute approximate surface area is 149 Å². The normalized spacial score (nSPS) is 12.4. The Hall–Kier alpha value is -1.15. The van der Waals surface area contributed by atoms with Crippen LogP contribution in [0.3, 0.4) is 0 Å². The Kier molecular flexibility index (Phi) is 6.59. The predicted molar refractivity (Wildman–Crippen MR) is 87.2 cm³/mol. The van der Waals surface area contributed by atoms with Crippen LogP contribution in [0.2, 0.25) is 5.02 Å². The number of halogens is 6. The fraction of sp³-hybridized carbons (Fsp3) is 0.143. The van der Waals surface area contributed by atoms with Gasteiger partial charge in [-0.05, 0) is 45.8 Å². The van der Waals surface area contributed by atoms with E-state index < -0.39 is 12.4 Å². The van der Waals surface area contributed by atoms with E-state index in [9.17, 15) is 18.3 Å². The zero-order valence-corrected chi connectivity index (χ0v) is 14.4. The molecule has 0 saturated carbocycles. The van der Waals surface area contributed by atoms with Crippen molar-refractivity contribution in [2.75, 3.05) is 0 Å². The largest absolute Gasteiger partial charge is 0.573 e. The standard InChI is InChI=1S/C14H10BrClF3NO2.ClH/c15-9-5-6-10(16)11(13(9)21)12(20)7-1-3-8(4-2-7)22-14(17,18)19;/h1-6,12,21H,20H2;1H/t12-;/m0./s1. The number of rotatable bonds is 3. The van der Waals surface area contributed by atoms with Crippen molar-refractivity contribution >= 4 is 39.9 Å². The second-order valence-electron chi connectivity index (χ2n) is 4.39. The summed E-state index contributed by atoms with van der Waals surface area (Å²) in [4.78, 5) is 0. The third-order valence-electron chi connectivity index (χ3n) is 2.90. The lowest BCUT2D eigenvalue weighted by Gasteiger charge is -2.17. The van der Waals surface area contributed by atoms with E-state index in [0.29, 0.717) is 10.0 Å². The van der Waals surface area contributed by atoms with Gasteiger partial charge in [0, 0.05) is 10.6 Å². The van der Waals surface area contributed by atoms with Crippen LogP contribution in [0.5, 0.6) is 11.5 Å². The molecule has 3 N–H and O–H groups in total. The number of hydrogen-bond donors (Lipinski definition) is 2. The second-order valence-corrected chi connectivity index (χ2v) is 5.65. The Morgan fingerprint density at radius 1 is 1.13 bits per heavy atom. The van der Waals surface area contributed by atoms with E-state index in [-0.39, 0.29) is 34.5 Å². The monoisotopic (exact) mass is 431 g/mol. The minimum atomic E-state index is -4.75. The van der Waals surface area contributed by atoms with Crippen LogP contribution in [-0.2, 0) is 0 Å². The van der Waals surface area contributed by atoms with E-state index in [2.05, 4.69) is 20.7 Å². The molecule has 0 saturated heterocycles. The molecule has 1 atom stereocenters. The molecule has 0 radical (unpaired) electrons. The number of phenols is 1. The van der Waals surface area contributed by atoms with Crippen molar-refractivity contribution < 1.29 is 23.0 Å². The van der Waals surface area contributed by atoms with Gasteiger partial charge in [0.05, 0.1) is 10.5 Å². The maximum Gasteiger partial charge on any atom is 0.573 e. The quantitative estimate of drug-likeness (QED) is 0.702. The lowest BCUT2D eigenvalue weighted by molar-refractivity contribution is -0.274. The van der Waals surface area contributed by atoms with Crippen LogP contribution in [-0.4, -0.2) is 11.5 Å². The van der Waals surface area contributed by atoms with Crippen LogP contribution in [0.25, 0.3) is 0 Å². The van der Waals surface area contributed by atoms with Crippen molar-refractivity contribution in [1.29, 1.82) is 0 Å². The van der Waals surface area contributed by atoms with E-state index in [4.69, 9.17) is 17.3 Å². The van der Waals surface area contributed by atoms with Gasteiger partial charge in [-0.25, -0.2) is 0 Å². The van der Waals surface area contributed by atoms with Gasteiger partial charge >= 0.3 is 6.36 Å². The van der Waals surface area contributed by atoms with E-state index >= 15 is 0 Å². The summed E-state index contributed by atoms with van der Waals surface area (Å²) in [5.74, 6) is -0.469. The van der Waals surface area contributed by atoms with Crippen molar-refractivity contribution in [3.63, 3.8) is 0 Å². The van der Waals surface area contributed by atoms with Gasteiger partial charge in [0.25, 0.3) is 0 Å². The molecule has 2 aromatic carbocycles. The average Bonchev–Trinajstić information content (AvgIpc) is 2.42. The number of benzene rings is 2. The second kappa shape index (κ2) is 7.61. The molecule has 23 heavy (non-hydrogen) atoms. The first kappa shape index (κ1) is 19.9. The fourth-order valence-electron chi connectivity index (χ4n) is 1.90. The minimum absolute atomic E-state index is 0. The van der Waals surface area contributed by atoms with E-state index in [1.807, 2.05) is 0 Å². The molecule has 0 spiro atoms. The van der Waals surface area contributed by atoms with Crippen LogP contribution < -0.4 is 10.5 Å². The van der Waals surface area contributed by atoms with Gasteiger partial charge in [-0.15, -0.1) is 25.6 Å². The lowest BCUT2D eigenvalue weighted by atomic mass is 9.98. The highest BCUT2D eigenvalue weighted by atomic mass is 79.9. The van der Waals surface area contributed by atoms with E-state index in [0.717, 1.165) is 12.1 Å². The molecule has 0 bridgehead atoms. The van der Waals surface area contributed by atoms with Crippen molar-refractivity contribution in [2.45, 2.75) is 12.4 Å². The number of ether oxygens (including phenoxy) is 1. The molecule has 126 valence electrons. The summed E-state index contributed by atoms with van der Waals surface area (Å²) in [7, 11) is 0. The highest BCUT2D eigenvalue weighted by Gasteiger charge is 2.31. The van der Waals surface area contributed by atoms with Crippen LogP contribution in [0.4, 0.5) is 13.2 Å². The van der Waals surface area contributed by atoms with Gasteiger partial charge in [-0.2, -0.15) is 0 Å². The maximum absolute atomic E-state index is 12.1. The summed E-state index contributed by atoms with van der Waals surface area (Å²) >= 11 is 9.19. The molecule has 9 heteroatoms. The molecular weight excluding hydrogens is 422 g/mol. The molecule has 0 heterocycles. The Balaban J connectivity index is 0.00000264. The maximum atomic E-state index is 12.1. The molecule has 0 aliphatic heterocycles. The van der Waals surface area contributed by atoms with Gasteiger partial charge in [0.2, 0.25) is 0 Å². The van der Waals surface area contributed by atoms with Crippen LogP contribution >= 0.6 is 39.9 Å². The summed E-state index contributed by atoms with van der Waals surface area (Å²) in [5, 5.41) is 10.3. The smallest absolute Gasteiger partial charge is 0.506 e. The average molecular weight is 433 g/mol. The van der Waals surface area contributed by atoms with Gasteiger partial charge in [0.1, 0.15) is 11.5 Å². The summed E-state index contributed by atoms with van der Waals surface area (Å²) < 4.78 is 40.5. The number of alkyl halides is 3. The van der Waals surface area contributed by atoms with Gasteiger partial charge in [-0.1, -0.05) is 23.7 Å². The topological polar surface area (TPSA) is 55.5 Å². The molecule has 2 aromatic rings. The highest BCUT2D eigenvalue weighted by Crippen LogP contribution is 2.39. The van der Waals surface area contributed by atoms with Crippen LogP contribution in [0, 0.1) is 0 Å². The fourth-order valence-corrected chi connectivity index (χ4v) is 2.51. The molecule has 0 unspecified atom stereocenters. The minimum Gasteiger partial charge on any atom is -0.506 e. The predicted octanol–water partition coefficient (Wildman–Crippen LogP) is 5.18. The van der Waals surface area contributed by atoms with E-state index in [1.165, 1.54) is 12.1 Å². The van der Waals surface area contributed by atoms with Crippen molar-refractivity contribution in [1.82, 2.24) is 0 Å². The van der Waals surface area contributed by atoms with Crippen LogP contribution in [0.1, 0.15) is 17.2 Å². The SMILES string of the molecule is Cl.N[C@@H](c1ccc(OC(F)(F)F)cc1)c1c(Cl)ccc(Br)c1O. The summed E-state index contributed by atoms with van der Waals surface area (Å²) in [6.45, 7) is 0. The number of hydrogen-bond acceptors (Lipinski definition) is 3. The van der Waals surface area contributed by atoms with Crippen molar-refractivity contribution in [2.24, 2.45) is 5.73 Å². The first-order chi connectivity index (χ1) is 10.2. The number of nitrogens with two attached hydrogens (primary N) is 1. The van der Waals surface area contributed by atoms with Gasteiger partial charge in [0.15, 0.2) is 0 Å². The van der Waals surface area contributed by atoms with E-state index in [1.54, 1.807) is 12.1 Å². The Morgan fingerprint density at radius 3 is 2.22 bits per heavy atom. The molecule has 0 fully saturated rings. The lowest BCUT2D eigenvalue weighted by Crippen LogP contribution is -2.17. The van der Waals surface area contributed by atoms with Crippen molar-refractivity contribution in [3.05, 3.63) is 57.0 Å². The molecule has 3 nitrogen and oxygen atoms in total. The number of phenolic OH excluding ortho intramolecular Hbond substituents is 1. The van der Waals surface area contributed by atoms with Crippen molar-refractivity contribution in [3.8, 4) is 11.5 Å². The first-order valence-corrected chi connectivity index (χ1v) is 7.14. The summed E-state index contributed by atoms with van der Waals surface area (Å²) in [6, 6.07) is 7.36. The van der Waals surface area contributed by atoms with Crippen LogP contribution in [0.15, 0.2) is 40.9 Å². The molecule has 0 amide bonds. The highest BCUT2D eigenvalue weighted by molar-refractivity contribution is 9.10. The molecule has 0 aliphatic carbocycles. The molecule has 0 aromatic heterocycles. The zero-order chi connectivity index (χ0) is 16.5. The number of aromatic hydroxyl groups is 1. The molecular formula is C14H11BrCl2F3NO2. The Bertz CT molecular complexity index is 681. The summed E-state index contributed by atoms with van der Waals surface area (Å²) in [6.07, 6.45) is -4.75. The first-order valence-electron chi connectivity index (χ1n) is 5.97. The van der Waals surface area contributed by atoms with Gasteiger partial charge < -0.3 is 15.6 Å². The Morgan fingerprint density at radius 2 is 1.70 bits per heavy atom. The molecule has 2 rings (SSSR count). The zero-order valence-electron chi connectivity index (χ0n) is 11.3. The third kappa shape index (κ3) is 4.91. The van der Waals surface area contributed by atoms with Gasteiger partial charge in [-0.3, -0.25) is 0 Å². The molecule has 0 aliphatic rings.